The van der Waals surface area contributed by atoms with Gasteiger partial charge in [0.05, 0.1) is 6.54 Å². The average molecular weight is 258 g/mol. The van der Waals surface area contributed by atoms with Gasteiger partial charge in [-0.3, -0.25) is 0 Å². The normalized spacial score (nSPS) is 9.89. The summed E-state index contributed by atoms with van der Waals surface area (Å²) in [6.45, 7) is 1.02. The Morgan fingerprint density at radius 1 is 1.16 bits per heavy atom. The monoisotopic (exact) mass is 258 g/mol. The van der Waals surface area contributed by atoms with Gasteiger partial charge in [0.2, 0.25) is 0 Å². The van der Waals surface area contributed by atoms with Crippen LogP contribution in [0, 0.1) is 0 Å². The molecule has 0 spiro atoms. The van der Waals surface area contributed by atoms with E-state index < -0.39 is 5.97 Å². The molecular formula is C14H14N2O3. The van der Waals surface area contributed by atoms with E-state index in [2.05, 4.69) is 10.3 Å². The largest absolute Gasteiger partial charge is 0.492 e. The zero-order chi connectivity index (χ0) is 13.5. The lowest BCUT2D eigenvalue weighted by Gasteiger charge is -2.08. The molecule has 0 saturated carbocycles. The zero-order valence-corrected chi connectivity index (χ0v) is 10.2. The second-order valence-corrected chi connectivity index (χ2v) is 3.80. The van der Waals surface area contributed by atoms with Gasteiger partial charge >= 0.3 is 5.97 Å². The molecular weight excluding hydrogens is 244 g/mol. The van der Waals surface area contributed by atoms with Crippen molar-refractivity contribution in [2.45, 2.75) is 0 Å². The Bertz CT molecular complexity index is 543. The molecule has 0 amide bonds. The van der Waals surface area contributed by atoms with Gasteiger partial charge < -0.3 is 15.2 Å². The minimum absolute atomic E-state index is 0.0222. The smallest absolute Gasteiger partial charge is 0.354 e. The average Bonchev–Trinajstić information content (AvgIpc) is 2.45. The number of nitrogens with one attached hydrogen (secondary N) is 1. The summed E-state index contributed by atoms with van der Waals surface area (Å²) < 4.78 is 5.50. The highest BCUT2D eigenvalue weighted by molar-refractivity contribution is 5.85. The van der Waals surface area contributed by atoms with Gasteiger partial charge in [-0.05, 0) is 24.3 Å². The number of aromatic nitrogens is 1. The number of hydrogen-bond acceptors (Lipinski definition) is 4. The molecule has 2 N–H and O–H groups in total. The Morgan fingerprint density at radius 2 is 1.95 bits per heavy atom. The highest BCUT2D eigenvalue weighted by atomic mass is 16.5. The van der Waals surface area contributed by atoms with Crippen LogP contribution in [0.1, 0.15) is 10.5 Å². The van der Waals surface area contributed by atoms with E-state index >= 15 is 0 Å². The standard InChI is InChI=1S/C14H14N2O3/c17-14(18)12-7-4-8-13(16-12)15-9-10-19-11-5-2-1-3-6-11/h1-8H,9-10H2,(H,15,16)(H,17,18). The first-order valence-corrected chi connectivity index (χ1v) is 5.88. The van der Waals surface area contributed by atoms with Crippen molar-refractivity contribution in [1.82, 2.24) is 4.98 Å². The van der Waals surface area contributed by atoms with Gasteiger partial charge in [-0.15, -0.1) is 0 Å². The van der Waals surface area contributed by atoms with Gasteiger partial charge in [0, 0.05) is 0 Å². The van der Waals surface area contributed by atoms with E-state index in [9.17, 15) is 4.79 Å². The van der Waals surface area contributed by atoms with E-state index in [4.69, 9.17) is 9.84 Å². The maximum Gasteiger partial charge on any atom is 0.354 e. The number of anilines is 1. The van der Waals surface area contributed by atoms with Crippen LogP contribution in [0.25, 0.3) is 0 Å². The fourth-order valence-corrected chi connectivity index (χ4v) is 1.52. The Balaban J connectivity index is 1.80. The lowest BCUT2D eigenvalue weighted by atomic mass is 10.3. The van der Waals surface area contributed by atoms with Gasteiger partial charge in [-0.1, -0.05) is 24.3 Å². The summed E-state index contributed by atoms with van der Waals surface area (Å²) in [4.78, 5) is 14.7. The number of pyridine rings is 1. The molecule has 0 radical (unpaired) electrons. The SMILES string of the molecule is O=C(O)c1cccc(NCCOc2ccccc2)n1. The number of ether oxygens (including phenoxy) is 1. The Morgan fingerprint density at radius 3 is 2.68 bits per heavy atom. The molecule has 0 aliphatic heterocycles. The second kappa shape index (κ2) is 6.39. The molecule has 0 bridgehead atoms. The van der Waals surface area contributed by atoms with Crippen molar-refractivity contribution in [3.8, 4) is 5.75 Å². The highest BCUT2D eigenvalue weighted by Gasteiger charge is 2.04. The molecule has 1 aromatic heterocycles. The van der Waals surface area contributed by atoms with Crippen LogP contribution in [0.4, 0.5) is 5.82 Å². The van der Waals surface area contributed by atoms with Crippen LogP contribution >= 0.6 is 0 Å². The predicted molar refractivity (Wildman–Crippen MR) is 71.6 cm³/mol. The van der Waals surface area contributed by atoms with E-state index in [1.807, 2.05) is 30.3 Å². The summed E-state index contributed by atoms with van der Waals surface area (Å²) in [5.41, 5.74) is 0.0222. The van der Waals surface area contributed by atoms with Crippen molar-refractivity contribution in [2.24, 2.45) is 0 Å². The summed E-state index contributed by atoms with van der Waals surface area (Å²) in [6.07, 6.45) is 0. The third-order valence-electron chi connectivity index (χ3n) is 2.39. The van der Waals surface area contributed by atoms with Crippen molar-refractivity contribution >= 4 is 11.8 Å². The van der Waals surface area contributed by atoms with Crippen LogP contribution in [0.5, 0.6) is 5.75 Å². The van der Waals surface area contributed by atoms with E-state index in [0.29, 0.717) is 19.0 Å². The highest BCUT2D eigenvalue weighted by Crippen LogP contribution is 2.08. The maximum absolute atomic E-state index is 10.8. The molecule has 2 aromatic rings. The molecule has 0 aliphatic rings. The summed E-state index contributed by atoms with van der Waals surface area (Å²) in [5.74, 6) is 0.289. The summed E-state index contributed by atoms with van der Waals surface area (Å²) in [5, 5.41) is 11.8. The molecule has 0 saturated heterocycles. The fourth-order valence-electron chi connectivity index (χ4n) is 1.52. The summed E-state index contributed by atoms with van der Waals surface area (Å²) >= 11 is 0. The molecule has 0 atom stereocenters. The molecule has 0 aliphatic carbocycles. The van der Waals surface area contributed by atoms with Crippen molar-refractivity contribution in [1.29, 1.82) is 0 Å². The van der Waals surface area contributed by atoms with Crippen LogP contribution in [0.15, 0.2) is 48.5 Å². The molecule has 1 aromatic carbocycles. The van der Waals surface area contributed by atoms with Gasteiger partial charge in [-0.25, -0.2) is 9.78 Å². The van der Waals surface area contributed by atoms with Gasteiger partial charge in [0.15, 0.2) is 5.69 Å². The van der Waals surface area contributed by atoms with E-state index in [1.165, 1.54) is 6.07 Å². The lowest BCUT2D eigenvalue weighted by molar-refractivity contribution is 0.0690. The van der Waals surface area contributed by atoms with Crippen LogP contribution in [-0.4, -0.2) is 29.2 Å². The van der Waals surface area contributed by atoms with Gasteiger partial charge in [0.25, 0.3) is 0 Å². The van der Waals surface area contributed by atoms with Crippen LogP contribution in [-0.2, 0) is 0 Å². The quantitative estimate of drug-likeness (QED) is 0.778. The number of carbonyl (C=O) groups is 1. The molecule has 5 heteroatoms. The topological polar surface area (TPSA) is 71.5 Å². The van der Waals surface area contributed by atoms with Crippen molar-refractivity contribution in [3.05, 3.63) is 54.2 Å². The minimum Gasteiger partial charge on any atom is -0.492 e. The van der Waals surface area contributed by atoms with Gasteiger partial charge in [0.1, 0.15) is 18.2 Å². The molecule has 1 heterocycles. The summed E-state index contributed by atoms with van der Waals surface area (Å²) in [7, 11) is 0. The molecule has 19 heavy (non-hydrogen) atoms. The summed E-state index contributed by atoms with van der Waals surface area (Å²) in [6, 6.07) is 14.3. The third-order valence-corrected chi connectivity index (χ3v) is 2.39. The zero-order valence-electron chi connectivity index (χ0n) is 10.2. The number of nitrogens with zero attached hydrogens (tertiary/aromatic N) is 1. The number of hydrogen-bond donors (Lipinski definition) is 2. The van der Waals surface area contributed by atoms with Crippen LogP contribution < -0.4 is 10.1 Å². The van der Waals surface area contributed by atoms with Crippen molar-refractivity contribution in [3.63, 3.8) is 0 Å². The maximum atomic E-state index is 10.8. The molecule has 0 fully saturated rings. The number of benzene rings is 1. The Labute approximate surface area is 110 Å². The van der Waals surface area contributed by atoms with E-state index in [1.54, 1.807) is 12.1 Å². The number of rotatable bonds is 6. The first-order valence-electron chi connectivity index (χ1n) is 5.88. The van der Waals surface area contributed by atoms with Crippen molar-refractivity contribution < 1.29 is 14.6 Å². The van der Waals surface area contributed by atoms with Crippen molar-refractivity contribution in [2.75, 3.05) is 18.5 Å². The molecule has 2 rings (SSSR count). The minimum atomic E-state index is -1.04. The number of carboxylic acids is 1. The van der Waals surface area contributed by atoms with Crippen LogP contribution in [0.2, 0.25) is 0 Å². The molecule has 5 nitrogen and oxygen atoms in total. The van der Waals surface area contributed by atoms with Crippen LogP contribution in [0.3, 0.4) is 0 Å². The number of carboxylic acid groups (broad SMARTS) is 1. The second-order valence-electron chi connectivity index (χ2n) is 3.80. The lowest BCUT2D eigenvalue weighted by Crippen LogP contribution is -2.13. The Hall–Kier alpha value is -2.56. The fraction of sp³-hybridized carbons (Fsp3) is 0.143. The molecule has 0 unspecified atom stereocenters. The first kappa shape index (κ1) is 12.9. The predicted octanol–water partition coefficient (Wildman–Crippen LogP) is 2.27. The van der Waals surface area contributed by atoms with E-state index in [0.717, 1.165) is 5.75 Å². The Kier molecular flexibility index (Phi) is 4.34. The number of aromatic carboxylic acids is 1. The van der Waals surface area contributed by atoms with Gasteiger partial charge in [-0.2, -0.15) is 0 Å². The number of para-hydroxylation sites is 1. The third kappa shape index (κ3) is 3.99. The van der Waals surface area contributed by atoms with E-state index in [-0.39, 0.29) is 5.69 Å². The molecule has 98 valence electrons. The first-order chi connectivity index (χ1) is 9.25.